The molecule has 0 saturated carbocycles. The minimum Gasteiger partial charge on any atom is -0.390 e. The molecule has 8 heavy (non-hydrogen) atoms. The lowest BCUT2D eigenvalue weighted by Gasteiger charge is -1.97. The molecule has 0 unspecified atom stereocenters. The van der Waals surface area contributed by atoms with Gasteiger partial charge >= 0.3 is 0 Å². The predicted octanol–water partition coefficient (Wildman–Crippen LogP) is -0.370. The highest BCUT2D eigenvalue weighted by Crippen LogP contribution is 1.80. The summed E-state index contributed by atoms with van der Waals surface area (Å²) in [7, 11) is 3.69. The zero-order valence-electron chi connectivity index (χ0n) is 5.64. The van der Waals surface area contributed by atoms with Gasteiger partial charge in [0.1, 0.15) is 7.85 Å². The van der Waals surface area contributed by atoms with Gasteiger partial charge in [0.25, 0.3) is 0 Å². The molecule has 0 aliphatic heterocycles. The highest BCUT2D eigenvalue weighted by Gasteiger charge is 1.82. The van der Waals surface area contributed by atoms with E-state index in [1.165, 1.54) is 0 Å². The van der Waals surface area contributed by atoms with Crippen LogP contribution >= 0.6 is 0 Å². The Morgan fingerprint density at radius 1 is 1.38 bits per heavy atom. The summed E-state index contributed by atoms with van der Waals surface area (Å²) in [5.41, 5.74) is 0. The molecular weight excluding hydrogens is 103 g/mol. The van der Waals surface area contributed by atoms with Crippen LogP contribution in [0.1, 0.15) is 6.42 Å². The summed E-state index contributed by atoms with van der Waals surface area (Å²) in [5, 5.41) is 0. The Morgan fingerprint density at radius 3 is 2.62 bits per heavy atom. The lowest BCUT2D eigenvalue weighted by Crippen LogP contribution is -1.99. The SMILES string of the molecule is BCOCCCOC. The van der Waals surface area contributed by atoms with Crippen LogP contribution in [0.3, 0.4) is 0 Å². The number of hydrogen-bond acceptors (Lipinski definition) is 2. The van der Waals surface area contributed by atoms with Crippen LogP contribution in [0, 0.1) is 0 Å². The number of rotatable bonds is 5. The van der Waals surface area contributed by atoms with Gasteiger partial charge in [0.05, 0.1) is 0 Å². The second kappa shape index (κ2) is 6.98. The van der Waals surface area contributed by atoms with E-state index >= 15 is 0 Å². The first kappa shape index (κ1) is 7.98. The van der Waals surface area contributed by atoms with E-state index in [0.29, 0.717) is 0 Å². The van der Waals surface area contributed by atoms with Crippen molar-refractivity contribution in [3.8, 4) is 0 Å². The van der Waals surface area contributed by atoms with E-state index in [9.17, 15) is 0 Å². The Hall–Kier alpha value is -0.0151. The summed E-state index contributed by atoms with van der Waals surface area (Å²) in [4.78, 5) is 0. The molecule has 48 valence electrons. The highest BCUT2D eigenvalue weighted by atomic mass is 16.5. The molecule has 0 N–H and O–H groups in total. The molecule has 2 nitrogen and oxygen atoms in total. The van der Waals surface area contributed by atoms with Gasteiger partial charge in [-0.25, -0.2) is 0 Å². The van der Waals surface area contributed by atoms with Gasteiger partial charge in [-0.1, -0.05) is 0 Å². The minimum absolute atomic E-state index is 0.806. The van der Waals surface area contributed by atoms with Crippen LogP contribution in [0.15, 0.2) is 0 Å². The molecule has 0 bridgehead atoms. The largest absolute Gasteiger partial charge is 0.390 e. The predicted molar refractivity (Wildman–Crippen MR) is 35.9 cm³/mol. The minimum atomic E-state index is 0.806. The number of methoxy groups -OCH3 is 1. The van der Waals surface area contributed by atoms with Gasteiger partial charge in [-0.2, -0.15) is 0 Å². The molecule has 0 aliphatic rings. The Labute approximate surface area is 51.6 Å². The first-order chi connectivity index (χ1) is 3.91. The van der Waals surface area contributed by atoms with Crippen LogP contribution in [0.5, 0.6) is 0 Å². The quantitative estimate of drug-likeness (QED) is 0.360. The highest BCUT2D eigenvalue weighted by molar-refractivity contribution is 6.08. The molecule has 3 heteroatoms. The second-order valence-electron chi connectivity index (χ2n) is 1.54. The average molecular weight is 116 g/mol. The van der Waals surface area contributed by atoms with Gasteiger partial charge in [-0.05, 0) is 6.42 Å². The van der Waals surface area contributed by atoms with Crippen molar-refractivity contribution in [3.05, 3.63) is 0 Å². The van der Waals surface area contributed by atoms with Crippen molar-refractivity contribution in [2.75, 3.05) is 26.8 Å². The van der Waals surface area contributed by atoms with Gasteiger partial charge in [0.2, 0.25) is 0 Å². The van der Waals surface area contributed by atoms with E-state index in [2.05, 4.69) is 0 Å². The summed E-state index contributed by atoms with van der Waals surface area (Å²) < 4.78 is 9.86. The first-order valence-corrected chi connectivity index (χ1v) is 2.98. The molecule has 0 aliphatic carbocycles. The van der Waals surface area contributed by atoms with Crippen molar-refractivity contribution in [2.24, 2.45) is 0 Å². The average Bonchev–Trinajstić information content (AvgIpc) is 1.81. The Morgan fingerprint density at radius 2 is 2.12 bits per heavy atom. The van der Waals surface area contributed by atoms with E-state index in [1.807, 2.05) is 7.85 Å². The molecule has 0 atom stereocenters. The van der Waals surface area contributed by atoms with Crippen molar-refractivity contribution >= 4 is 7.85 Å². The van der Waals surface area contributed by atoms with E-state index in [1.54, 1.807) is 7.11 Å². The molecular formula is C5H13BO2. The summed E-state index contributed by atoms with van der Waals surface area (Å²) in [6.45, 7) is 2.44. The molecule has 0 aromatic carbocycles. The standard InChI is InChI=1S/C5H13BO2/c1-7-3-2-4-8-5-6/h2-6H2,1H3. The van der Waals surface area contributed by atoms with Crippen LogP contribution in [-0.2, 0) is 9.47 Å². The molecule has 0 rings (SSSR count). The van der Waals surface area contributed by atoms with Crippen LogP contribution < -0.4 is 0 Å². The Bertz CT molecular complexity index is 35.4. The summed E-state index contributed by atoms with van der Waals surface area (Å²) in [6.07, 6.45) is 1.00. The topological polar surface area (TPSA) is 18.5 Å². The fourth-order valence-corrected chi connectivity index (χ4v) is 0.450. The van der Waals surface area contributed by atoms with Crippen molar-refractivity contribution < 1.29 is 9.47 Å². The Kier molecular flexibility index (Phi) is 6.97. The van der Waals surface area contributed by atoms with Crippen molar-refractivity contribution in [1.82, 2.24) is 0 Å². The Balaban J connectivity index is 2.53. The molecule has 0 spiro atoms. The molecule has 0 radical (unpaired) electrons. The zero-order chi connectivity index (χ0) is 6.24. The van der Waals surface area contributed by atoms with E-state index in [-0.39, 0.29) is 0 Å². The third-order valence-electron chi connectivity index (χ3n) is 0.841. The van der Waals surface area contributed by atoms with Gasteiger partial charge < -0.3 is 9.47 Å². The smallest absolute Gasteiger partial charge is 0.135 e. The summed E-state index contributed by atoms with van der Waals surface area (Å²) in [6, 6.07) is 0. The zero-order valence-corrected chi connectivity index (χ0v) is 5.64. The molecule has 0 saturated heterocycles. The first-order valence-electron chi connectivity index (χ1n) is 2.98. The van der Waals surface area contributed by atoms with Gasteiger partial charge in [-0.3, -0.25) is 0 Å². The normalized spacial score (nSPS) is 9.62. The number of hydrogen-bond donors (Lipinski definition) is 0. The molecule has 0 heterocycles. The lowest BCUT2D eigenvalue weighted by atomic mass is 10.2. The maximum Gasteiger partial charge on any atom is 0.135 e. The fraction of sp³-hybridized carbons (Fsp3) is 1.00. The van der Waals surface area contributed by atoms with E-state index in [4.69, 9.17) is 9.47 Å². The maximum absolute atomic E-state index is 5.06. The van der Waals surface area contributed by atoms with Crippen LogP contribution in [-0.4, -0.2) is 34.7 Å². The molecule has 0 aromatic heterocycles. The monoisotopic (exact) mass is 116 g/mol. The molecule has 0 amide bonds. The van der Waals surface area contributed by atoms with E-state index < -0.39 is 0 Å². The van der Waals surface area contributed by atoms with Gasteiger partial charge in [0.15, 0.2) is 0 Å². The summed E-state index contributed by atoms with van der Waals surface area (Å²) in [5.74, 6) is 0. The fourth-order valence-electron chi connectivity index (χ4n) is 0.450. The maximum atomic E-state index is 5.06. The van der Waals surface area contributed by atoms with E-state index in [0.717, 1.165) is 26.1 Å². The second-order valence-corrected chi connectivity index (χ2v) is 1.54. The van der Waals surface area contributed by atoms with Crippen molar-refractivity contribution in [1.29, 1.82) is 0 Å². The molecule has 0 aromatic rings. The lowest BCUT2D eigenvalue weighted by molar-refractivity contribution is 0.129. The van der Waals surface area contributed by atoms with Gasteiger partial charge in [-0.15, -0.1) is 0 Å². The van der Waals surface area contributed by atoms with Crippen molar-refractivity contribution in [2.45, 2.75) is 6.42 Å². The number of ether oxygens (including phenoxy) is 2. The third-order valence-corrected chi connectivity index (χ3v) is 0.841. The van der Waals surface area contributed by atoms with Crippen molar-refractivity contribution in [3.63, 3.8) is 0 Å². The van der Waals surface area contributed by atoms with Gasteiger partial charge in [0, 0.05) is 26.8 Å². The van der Waals surface area contributed by atoms with Crippen LogP contribution in [0.2, 0.25) is 0 Å². The van der Waals surface area contributed by atoms with Crippen LogP contribution in [0.4, 0.5) is 0 Å². The summed E-state index contributed by atoms with van der Waals surface area (Å²) >= 11 is 0. The third kappa shape index (κ3) is 5.98. The molecule has 0 fully saturated rings. The van der Waals surface area contributed by atoms with Crippen LogP contribution in [0.25, 0.3) is 0 Å².